The molecular formula is C5H7N2. The van der Waals surface area contributed by atoms with E-state index in [0.29, 0.717) is 0 Å². The number of hydrogen-bond acceptors (Lipinski definition) is 1. The molecular weight excluding hydrogens is 88.1 g/mol. The van der Waals surface area contributed by atoms with Gasteiger partial charge in [0.1, 0.15) is 0 Å². The van der Waals surface area contributed by atoms with Gasteiger partial charge >= 0.3 is 0 Å². The molecule has 1 aromatic rings. The highest BCUT2D eigenvalue weighted by Crippen LogP contribution is 1.83. The molecule has 0 saturated heterocycles. The predicted octanol–water partition coefficient (Wildman–Crippen LogP) is 0.913. The summed E-state index contributed by atoms with van der Waals surface area (Å²) in [6.07, 6.45) is 5.39. The Morgan fingerprint density at radius 1 is 1.71 bits per heavy atom. The van der Waals surface area contributed by atoms with Crippen molar-refractivity contribution in [2.24, 2.45) is 0 Å². The van der Waals surface area contributed by atoms with E-state index in [-0.39, 0.29) is 0 Å². The molecule has 0 N–H and O–H groups in total. The van der Waals surface area contributed by atoms with Crippen molar-refractivity contribution >= 4 is 0 Å². The minimum atomic E-state index is 1.75. The van der Waals surface area contributed by atoms with Crippen LogP contribution in [0, 0.1) is 6.54 Å². The molecule has 0 aliphatic rings. The zero-order chi connectivity index (χ0) is 5.11. The molecule has 1 heterocycles. The smallest absolute Gasteiger partial charge is 0.0949 e. The van der Waals surface area contributed by atoms with E-state index < -0.39 is 0 Å². The molecule has 0 atom stereocenters. The zero-order valence-corrected chi connectivity index (χ0v) is 4.20. The highest BCUT2D eigenvalue weighted by molar-refractivity contribution is 4.79. The summed E-state index contributed by atoms with van der Waals surface area (Å²) in [4.78, 5) is 3.82. The fourth-order valence-electron chi connectivity index (χ4n) is 0.422. The molecule has 0 aromatic carbocycles. The van der Waals surface area contributed by atoms with E-state index in [9.17, 15) is 0 Å². The molecule has 2 heteroatoms. The summed E-state index contributed by atoms with van der Waals surface area (Å²) in [5.74, 6) is 0. The summed E-state index contributed by atoms with van der Waals surface area (Å²) in [7, 11) is 0. The highest BCUT2D eigenvalue weighted by Gasteiger charge is 1.77. The van der Waals surface area contributed by atoms with Crippen molar-refractivity contribution in [3.8, 4) is 0 Å². The molecule has 0 saturated carbocycles. The quantitative estimate of drug-likeness (QED) is 0.507. The first-order valence-electron chi connectivity index (χ1n) is 2.20. The summed E-state index contributed by atoms with van der Waals surface area (Å²) >= 11 is 0. The van der Waals surface area contributed by atoms with Crippen LogP contribution in [0.3, 0.4) is 0 Å². The first-order chi connectivity index (χ1) is 3.43. The van der Waals surface area contributed by atoms with Crippen molar-refractivity contribution in [3.63, 3.8) is 0 Å². The molecule has 37 valence electrons. The molecule has 1 radical (unpaired) electrons. The largest absolute Gasteiger partial charge is 0.333 e. The summed E-state index contributed by atoms with van der Waals surface area (Å²) in [6.45, 7) is 3.90. The Bertz CT molecular complexity index is 121. The average molecular weight is 95.1 g/mol. The average Bonchev–Trinajstić information content (AvgIpc) is 2.14. The molecule has 0 fully saturated rings. The lowest BCUT2D eigenvalue weighted by molar-refractivity contribution is 0.956. The minimum Gasteiger partial charge on any atom is -0.333 e. The van der Waals surface area contributed by atoms with Crippen LogP contribution in [0.5, 0.6) is 0 Å². The van der Waals surface area contributed by atoms with Crippen LogP contribution in [0.1, 0.15) is 6.92 Å². The van der Waals surface area contributed by atoms with Gasteiger partial charge in [-0.3, -0.25) is 0 Å². The van der Waals surface area contributed by atoms with Crippen molar-refractivity contribution in [1.29, 1.82) is 0 Å². The fourth-order valence-corrected chi connectivity index (χ4v) is 0.422. The van der Waals surface area contributed by atoms with Crippen molar-refractivity contribution in [3.05, 3.63) is 25.3 Å². The standard InChI is InChI=1S/C5H7N2/c1-2-7-4-3-6-5-7/h2-5H,1H3. The molecule has 0 unspecified atom stereocenters. The zero-order valence-electron chi connectivity index (χ0n) is 4.20. The monoisotopic (exact) mass is 95.1 g/mol. The highest BCUT2D eigenvalue weighted by atomic mass is 15.0. The van der Waals surface area contributed by atoms with Crippen LogP contribution >= 0.6 is 0 Å². The van der Waals surface area contributed by atoms with Crippen LogP contribution < -0.4 is 0 Å². The summed E-state index contributed by atoms with van der Waals surface area (Å²) < 4.78 is 1.89. The second-order valence-electron chi connectivity index (χ2n) is 1.27. The maximum atomic E-state index is 3.82. The molecule has 7 heavy (non-hydrogen) atoms. The van der Waals surface area contributed by atoms with Gasteiger partial charge in [0.25, 0.3) is 0 Å². The SMILES string of the molecule is C[CH]n1ccnc1. The van der Waals surface area contributed by atoms with E-state index in [4.69, 9.17) is 0 Å². The van der Waals surface area contributed by atoms with Crippen LogP contribution in [0.4, 0.5) is 0 Å². The van der Waals surface area contributed by atoms with Gasteiger partial charge in [0.15, 0.2) is 0 Å². The summed E-state index contributed by atoms with van der Waals surface area (Å²) in [5.41, 5.74) is 0. The number of aromatic nitrogens is 2. The van der Waals surface area contributed by atoms with E-state index in [2.05, 4.69) is 4.98 Å². The van der Waals surface area contributed by atoms with Crippen LogP contribution in [0.2, 0.25) is 0 Å². The fraction of sp³-hybridized carbons (Fsp3) is 0.200. The van der Waals surface area contributed by atoms with Gasteiger partial charge in [0.2, 0.25) is 0 Å². The van der Waals surface area contributed by atoms with Crippen LogP contribution in [-0.2, 0) is 0 Å². The second-order valence-corrected chi connectivity index (χ2v) is 1.27. The number of hydrogen-bond donors (Lipinski definition) is 0. The lowest BCUT2D eigenvalue weighted by Gasteiger charge is -1.86. The Balaban J connectivity index is 2.76. The molecule has 0 amide bonds. The van der Waals surface area contributed by atoms with Crippen molar-refractivity contribution in [2.45, 2.75) is 6.92 Å². The van der Waals surface area contributed by atoms with E-state index in [1.165, 1.54) is 0 Å². The van der Waals surface area contributed by atoms with E-state index in [1.807, 2.05) is 24.2 Å². The Hall–Kier alpha value is -0.790. The Labute approximate surface area is 42.8 Å². The van der Waals surface area contributed by atoms with Crippen molar-refractivity contribution < 1.29 is 0 Å². The van der Waals surface area contributed by atoms with E-state index >= 15 is 0 Å². The first kappa shape index (κ1) is 4.37. The third kappa shape index (κ3) is 0.796. The van der Waals surface area contributed by atoms with Gasteiger partial charge in [-0.15, -0.1) is 0 Å². The molecule has 2 nitrogen and oxygen atoms in total. The maximum Gasteiger partial charge on any atom is 0.0949 e. The van der Waals surface area contributed by atoms with Crippen LogP contribution in [-0.4, -0.2) is 9.55 Å². The number of rotatable bonds is 1. The second kappa shape index (κ2) is 1.78. The maximum absolute atomic E-state index is 3.82. The predicted molar refractivity (Wildman–Crippen MR) is 27.6 cm³/mol. The first-order valence-corrected chi connectivity index (χ1v) is 2.20. The van der Waals surface area contributed by atoms with Crippen LogP contribution in [0.25, 0.3) is 0 Å². The lowest BCUT2D eigenvalue weighted by atomic mass is 10.7. The topological polar surface area (TPSA) is 17.8 Å². The third-order valence-electron chi connectivity index (χ3n) is 0.823. The minimum absolute atomic E-state index is 1.75. The third-order valence-corrected chi connectivity index (χ3v) is 0.823. The van der Waals surface area contributed by atoms with Gasteiger partial charge in [0.05, 0.1) is 12.9 Å². The van der Waals surface area contributed by atoms with Gasteiger partial charge < -0.3 is 4.57 Å². The van der Waals surface area contributed by atoms with E-state index in [0.717, 1.165) is 0 Å². The van der Waals surface area contributed by atoms with Crippen LogP contribution in [0.15, 0.2) is 18.7 Å². The molecule has 0 aliphatic carbocycles. The normalized spacial score (nSPS) is 9.29. The Kier molecular flexibility index (Phi) is 1.11. The van der Waals surface area contributed by atoms with Crippen molar-refractivity contribution in [2.75, 3.05) is 0 Å². The molecule has 0 spiro atoms. The van der Waals surface area contributed by atoms with Gasteiger partial charge in [-0.1, -0.05) is 0 Å². The Morgan fingerprint density at radius 3 is 2.86 bits per heavy atom. The summed E-state index contributed by atoms with van der Waals surface area (Å²) in [5, 5.41) is 0. The van der Waals surface area contributed by atoms with Gasteiger partial charge in [-0.2, -0.15) is 0 Å². The van der Waals surface area contributed by atoms with E-state index in [1.54, 1.807) is 12.5 Å². The number of nitrogens with zero attached hydrogens (tertiary/aromatic N) is 2. The molecule has 0 bridgehead atoms. The molecule has 1 aromatic heterocycles. The lowest BCUT2D eigenvalue weighted by Crippen LogP contribution is -1.82. The molecule has 1 rings (SSSR count). The number of imidazole rings is 1. The van der Waals surface area contributed by atoms with Crippen molar-refractivity contribution in [1.82, 2.24) is 9.55 Å². The Morgan fingerprint density at radius 2 is 2.57 bits per heavy atom. The molecule has 0 aliphatic heterocycles. The van der Waals surface area contributed by atoms with Gasteiger partial charge in [0, 0.05) is 12.4 Å². The van der Waals surface area contributed by atoms with Gasteiger partial charge in [-0.25, -0.2) is 4.98 Å². The van der Waals surface area contributed by atoms with Gasteiger partial charge in [-0.05, 0) is 6.92 Å². The summed E-state index contributed by atoms with van der Waals surface area (Å²) in [6, 6.07) is 0.